The van der Waals surface area contributed by atoms with Gasteiger partial charge in [0.05, 0.1) is 13.2 Å². The molecule has 4 rings (SSSR count). The molecule has 2 aliphatic heterocycles. The molecule has 1 aromatic heterocycles. The van der Waals surface area contributed by atoms with Crippen LogP contribution in [0.5, 0.6) is 0 Å². The molecule has 21 heavy (non-hydrogen) atoms. The number of carbonyl (C=O) groups is 1. The number of benzene rings is 1. The lowest BCUT2D eigenvalue weighted by Crippen LogP contribution is -2.34. The quantitative estimate of drug-likeness (QED) is 0.874. The number of aromatic amines is 1. The molecule has 2 aromatic rings. The average Bonchev–Trinajstić information content (AvgIpc) is 3.20. The van der Waals surface area contributed by atoms with E-state index in [4.69, 9.17) is 4.74 Å². The first-order chi connectivity index (χ1) is 10.2. The summed E-state index contributed by atoms with van der Waals surface area (Å²) in [7, 11) is 0. The topological polar surface area (TPSA) is 45.3 Å². The summed E-state index contributed by atoms with van der Waals surface area (Å²) in [5, 5.41) is 0. The van der Waals surface area contributed by atoms with Gasteiger partial charge in [0.1, 0.15) is 11.3 Å². The highest BCUT2D eigenvalue weighted by Crippen LogP contribution is 2.43. The summed E-state index contributed by atoms with van der Waals surface area (Å²) in [5.41, 5.74) is 3.89. The normalized spacial score (nSPS) is 23.8. The molecule has 108 valence electrons. The highest BCUT2D eigenvalue weighted by Gasteiger charge is 2.46. The van der Waals surface area contributed by atoms with E-state index >= 15 is 0 Å². The molecule has 1 unspecified atom stereocenters. The van der Waals surface area contributed by atoms with Gasteiger partial charge in [-0.3, -0.25) is 4.79 Å². The molecule has 1 saturated heterocycles. The van der Waals surface area contributed by atoms with Crippen LogP contribution in [0.3, 0.4) is 0 Å². The Morgan fingerprint density at radius 2 is 2.19 bits per heavy atom. The zero-order valence-electron chi connectivity index (χ0n) is 12.1. The number of aryl methyl sites for hydroxylation is 1. The number of fused-ring (bicyclic) bond motifs is 2. The Labute approximate surface area is 123 Å². The van der Waals surface area contributed by atoms with E-state index in [1.807, 2.05) is 30.2 Å². The Morgan fingerprint density at radius 1 is 1.33 bits per heavy atom. The molecule has 3 heterocycles. The Balaban J connectivity index is 1.62. The van der Waals surface area contributed by atoms with Crippen LogP contribution in [0.25, 0.3) is 0 Å². The van der Waals surface area contributed by atoms with Gasteiger partial charge >= 0.3 is 0 Å². The molecule has 4 heteroatoms. The first-order valence-electron chi connectivity index (χ1n) is 7.35. The average molecular weight is 282 g/mol. The van der Waals surface area contributed by atoms with E-state index in [1.54, 1.807) is 0 Å². The van der Waals surface area contributed by atoms with Gasteiger partial charge in [-0.15, -0.1) is 0 Å². The van der Waals surface area contributed by atoms with Gasteiger partial charge < -0.3 is 14.6 Å². The Kier molecular flexibility index (Phi) is 2.69. The van der Waals surface area contributed by atoms with Gasteiger partial charge in [0.2, 0.25) is 0 Å². The van der Waals surface area contributed by atoms with Crippen LogP contribution in [0.1, 0.15) is 33.6 Å². The van der Waals surface area contributed by atoms with E-state index < -0.39 is 0 Å². The summed E-state index contributed by atoms with van der Waals surface area (Å²) in [6.07, 6.45) is 2.69. The number of likely N-dealkylation sites (tertiary alicyclic amines) is 1. The predicted molar refractivity (Wildman–Crippen MR) is 79.0 cm³/mol. The van der Waals surface area contributed by atoms with Crippen LogP contribution in [-0.2, 0) is 16.9 Å². The van der Waals surface area contributed by atoms with Crippen molar-refractivity contribution >= 4 is 5.91 Å². The van der Waals surface area contributed by atoms with Gasteiger partial charge in [0.15, 0.2) is 0 Å². The number of carbonyl (C=O) groups excluding carboxylic acids is 1. The fraction of sp³-hybridized carbons (Fsp3) is 0.353. The summed E-state index contributed by atoms with van der Waals surface area (Å²) in [6, 6.07) is 10.3. The van der Waals surface area contributed by atoms with Crippen LogP contribution in [0, 0.1) is 6.92 Å². The van der Waals surface area contributed by atoms with Crippen LogP contribution in [-0.4, -0.2) is 28.9 Å². The van der Waals surface area contributed by atoms with Gasteiger partial charge in [0, 0.05) is 12.7 Å². The second-order valence-electron chi connectivity index (χ2n) is 5.95. The van der Waals surface area contributed by atoms with Gasteiger partial charge in [-0.25, -0.2) is 0 Å². The smallest absolute Gasteiger partial charge is 0.270 e. The number of nitrogens with zero attached hydrogens (tertiary/aromatic N) is 1. The van der Waals surface area contributed by atoms with Crippen molar-refractivity contribution in [1.82, 2.24) is 9.88 Å². The molecule has 1 N–H and O–H groups in total. The molecule has 1 fully saturated rings. The highest BCUT2D eigenvalue weighted by molar-refractivity contribution is 5.94. The van der Waals surface area contributed by atoms with E-state index in [1.165, 1.54) is 11.1 Å². The van der Waals surface area contributed by atoms with Gasteiger partial charge in [0.25, 0.3) is 5.91 Å². The second kappa shape index (κ2) is 4.46. The molecular formula is C17H18N2O2. The zero-order chi connectivity index (χ0) is 14.4. The van der Waals surface area contributed by atoms with Crippen molar-refractivity contribution in [3.05, 3.63) is 58.9 Å². The number of amides is 1. The largest absolute Gasteiger partial charge is 0.364 e. The summed E-state index contributed by atoms with van der Waals surface area (Å²) < 4.78 is 6.10. The van der Waals surface area contributed by atoms with Crippen molar-refractivity contribution in [1.29, 1.82) is 0 Å². The summed E-state index contributed by atoms with van der Waals surface area (Å²) in [6.45, 7) is 3.99. The van der Waals surface area contributed by atoms with Crippen LogP contribution in [0.15, 0.2) is 36.5 Å². The van der Waals surface area contributed by atoms with Crippen LogP contribution >= 0.6 is 0 Å². The van der Waals surface area contributed by atoms with Crippen LogP contribution in [0.2, 0.25) is 0 Å². The van der Waals surface area contributed by atoms with Crippen molar-refractivity contribution in [2.45, 2.75) is 25.6 Å². The third kappa shape index (κ3) is 1.83. The van der Waals surface area contributed by atoms with Crippen molar-refractivity contribution in [3.63, 3.8) is 0 Å². The lowest BCUT2D eigenvalue weighted by atomic mass is 9.92. The van der Waals surface area contributed by atoms with Crippen molar-refractivity contribution in [2.75, 3.05) is 13.1 Å². The summed E-state index contributed by atoms with van der Waals surface area (Å²) in [4.78, 5) is 17.6. The minimum atomic E-state index is -0.299. The molecule has 0 bridgehead atoms. The molecule has 0 saturated carbocycles. The number of H-pyrrole nitrogens is 1. The van der Waals surface area contributed by atoms with Crippen molar-refractivity contribution in [2.24, 2.45) is 0 Å². The van der Waals surface area contributed by atoms with E-state index in [-0.39, 0.29) is 11.5 Å². The zero-order valence-corrected chi connectivity index (χ0v) is 12.1. The fourth-order valence-electron chi connectivity index (χ4n) is 3.51. The maximum Gasteiger partial charge on any atom is 0.270 e. The lowest BCUT2D eigenvalue weighted by molar-refractivity contribution is -0.0283. The molecule has 1 aromatic carbocycles. The van der Waals surface area contributed by atoms with Crippen LogP contribution < -0.4 is 0 Å². The van der Waals surface area contributed by atoms with E-state index in [9.17, 15) is 4.79 Å². The number of ether oxygens (including phenoxy) is 1. The highest BCUT2D eigenvalue weighted by atomic mass is 16.5. The van der Waals surface area contributed by atoms with E-state index in [0.717, 1.165) is 18.5 Å². The van der Waals surface area contributed by atoms with Crippen molar-refractivity contribution < 1.29 is 9.53 Å². The maximum absolute atomic E-state index is 12.6. The molecule has 4 nitrogen and oxygen atoms in total. The SMILES string of the molecule is Cc1cc[nH]c1C(=O)N1CCC2(C1)OCc1ccccc12. The molecule has 0 radical (unpaired) electrons. The first kappa shape index (κ1) is 12.7. The van der Waals surface area contributed by atoms with Gasteiger partial charge in [-0.05, 0) is 36.1 Å². The fourth-order valence-corrected chi connectivity index (χ4v) is 3.51. The number of hydrogen-bond acceptors (Lipinski definition) is 2. The number of aromatic nitrogens is 1. The molecular weight excluding hydrogens is 264 g/mol. The summed E-state index contributed by atoms with van der Waals surface area (Å²) >= 11 is 0. The Bertz CT molecular complexity index is 706. The van der Waals surface area contributed by atoms with Gasteiger partial charge in [-0.2, -0.15) is 0 Å². The molecule has 1 atom stereocenters. The van der Waals surface area contributed by atoms with Gasteiger partial charge in [-0.1, -0.05) is 24.3 Å². The molecule has 0 aliphatic carbocycles. The Morgan fingerprint density at radius 3 is 3.00 bits per heavy atom. The van der Waals surface area contributed by atoms with E-state index in [2.05, 4.69) is 23.2 Å². The van der Waals surface area contributed by atoms with Crippen molar-refractivity contribution in [3.8, 4) is 0 Å². The number of nitrogens with one attached hydrogen (secondary N) is 1. The second-order valence-corrected chi connectivity index (χ2v) is 5.95. The van der Waals surface area contributed by atoms with Crippen LogP contribution in [0.4, 0.5) is 0 Å². The minimum absolute atomic E-state index is 0.0716. The molecule has 1 spiro atoms. The molecule has 2 aliphatic rings. The first-order valence-corrected chi connectivity index (χ1v) is 7.35. The monoisotopic (exact) mass is 282 g/mol. The lowest BCUT2D eigenvalue weighted by Gasteiger charge is -2.24. The number of rotatable bonds is 1. The summed E-state index contributed by atoms with van der Waals surface area (Å²) in [5.74, 6) is 0.0716. The standard InChI is InChI=1S/C17H18N2O2/c1-12-6-8-18-15(12)16(20)19-9-7-17(11-19)14-5-3-2-4-13(14)10-21-17/h2-6,8,18H,7,9-11H2,1H3. The predicted octanol–water partition coefficient (Wildman–Crippen LogP) is 2.59. The third-order valence-corrected chi connectivity index (χ3v) is 4.70. The number of hydrogen-bond donors (Lipinski definition) is 1. The maximum atomic E-state index is 12.6. The Hall–Kier alpha value is -2.07. The minimum Gasteiger partial charge on any atom is -0.364 e. The third-order valence-electron chi connectivity index (χ3n) is 4.70. The van der Waals surface area contributed by atoms with E-state index in [0.29, 0.717) is 18.8 Å². The molecule has 1 amide bonds.